The molecule has 0 amide bonds. The summed E-state index contributed by atoms with van der Waals surface area (Å²) in [7, 11) is 0. The van der Waals surface area contributed by atoms with E-state index in [1.807, 2.05) is 36.5 Å². The highest BCUT2D eigenvalue weighted by Gasteiger charge is 2.37. The van der Waals surface area contributed by atoms with Crippen molar-refractivity contribution in [1.29, 1.82) is 0 Å². The van der Waals surface area contributed by atoms with Gasteiger partial charge in [-0.15, -0.1) is 0 Å². The maximum absolute atomic E-state index is 9.45. The number of hydrogen-bond donors (Lipinski definition) is 2. The van der Waals surface area contributed by atoms with Gasteiger partial charge in [0.1, 0.15) is 12.4 Å². The molecule has 2 aromatic rings. The number of nitrogens with one attached hydrogen (secondary N) is 1. The van der Waals surface area contributed by atoms with Crippen LogP contribution >= 0.6 is 0 Å². The van der Waals surface area contributed by atoms with Gasteiger partial charge in [0.15, 0.2) is 0 Å². The molecule has 0 unspecified atom stereocenters. The van der Waals surface area contributed by atoms with Crippen LogP contribution in [-0.2, 0) is 17.9 Å². The lowest BCUT2D eigenvalue weighted by Crippen LogP contribution is -2.52. The van der Waals surface area contributed by atoms with Crippen molar-refractivity contribution in [3.8, 4) is 5.75 Å². The molecule has 2 heterocycles. The fourth-order valence-corrected chi connectivity index (χ4v) is 2.54. The highest BCUT2D eigenvalue weighted by Crippen LogP contribution is 2.26. The predicted octanol–water partition coefficient (Wildman–Crippen LogP) is 1.76. The van der Waals surface area contributed by atoms with Gasteiger partial charge >= 0.3 is 0 Å². The summed E-state index contributed by atoms with van der Waals surface area (Å²) in [6, 6.07) is 11.9. The number of aliphatic hydroxyl groups is 1. The third kappa shape index (κ3) is 4.07. The first-order valence-corrected chi connectivity index (χ1v) is 7.80. The minimum absolute atomic E-state index is 0.120. The summed E-state index contributed by atoms with van der Waals surface area (Å²) in [5.41, 5.74) is 2.02. The summed E-state index contributed by atoms with van der Waals surface area (Å²) in [4.78, 5) is 4.09. The smallest absolute Gasteiger partial charge is 0.124 e. The molecule has 122 valence electrons. The van der Waals surface area contributed by atoms with E-state index in [2.05, 4.69) is 16.4 Å². The molecule has 5 heteroatoms. The molecule has 0 bridgehead atoms. The SMILES string of the molecule is OCC1(CNCc2ccccc2OCc2cccnc2)COC1. The number of para-hydroxylation sites is 1. The Morgan fingerprint density at radius 1 is 1.22 bits per heavy atom. The number of hydrogen-bond acceptors (Lipinski definition) is 5. The zero-order chi connectivity index (χ0) is 16.0. The van der Waals surface area contributed by atoms with E-state index in [1.54, 1.807) is 6.20 Å². The molecule has 1 aliphatic heterocycles. The summed E-state index contributed by atoms with van der Waals surface area (Å²) in [5, 5.41) is 12.8. The molecule has 0 atom stereocenters. The molecule has 3 rings (SSSR count). The summed E-state index contributed by atoms with van der Waals surface area (Å²) in [5.74, 6) is 0.867. The van der Waals surface area contributed by atoms with Crippen LogP contribution in [0.15, 0.2) is 48.8 Å². The third-order valence-electron chi connectivity index (χ3n) is 4.06. The normalized spacial score (nSPS) is 15.9. The molecule has 1 saturated heterocycles. The van der Waals surface area contributed by atoms with E-state index in [1.165, 1.54) is 0 Å². The first-order valence-electron chi connectivity index (χ1n) is 7.80. The first kappa shape index (κ1) is 15.9. The van der Waals surface area contributed by atoms with Crippen LogP contribution in [0.1, 0.15) is 11.1 Å². The van der Waals surface area contributed by atoms with Gasteiger partial charge in [-0.3, -0.25) is 4.98 Å². The lowest BCUT2D eigenvalue weighted by Gasteiger charge is -2.40. The number of ether oxygens (including phenoxy) is 2. The monoisotopic (exact) mass is 314 g/mol. The van der Waals surface area contributed by atoms with Crippen molar-refractivity contribution in [2.75, 3.05) is 26.4 Å². The predicted molar refractivity (Wildman–Crippen MR) is 87.1 cm³/mol. The van der Waals surface area contributed by atoms with Gasteiger partial charge < -0.3 is 19.9 Å². The second kappa shape index (κ2) is 7.55. The zero-order valence-electron chi connectivity index (χ0n) is 13.1. The van der Waals surface area contributed by atoms with Crippen molar-refractivity contribution in [3.63, 3.8) is 0 Å². The Balaban J connectivity index is 1.55. The fraction of sp³-hybridized carbons (Fsp3) is 0.389. The van der Waals surface area contributed by atoms with Gasteiger partial charge in [0, 0.05) is 36.6 Å². The Bertz CT molecular complexity index is 609. The minimum atomic E-state index is -0.120. The molecule has 1 aliphatic rings. The largest absolute Gasteiger partial charge is 0.489 e. The maximum atomic E-state index is 9.45. The van der Waals surface area contributed by atoms with E-state index >= 15 is 0 Å². The fourth-order valence-electron chi connectivity index (χ4n) is 2.54. The molecule has 1 fully saturated rings. The second-order valence-electron chi connectivity index (χ2n) is 6.01. The van der Waals surface area contributed by atoms with Crippen molar-refractivity contribution in [2.45, 2.75) is 13.2 Å². The molecule has 0 saturated carbocycles. The average Bonchev–Trinajstić information content (AvgIpc) is 2.57. The maximum Gasteiger partial charge on any atom is 0.124 e. The van der Waals surface area contributed by atoms with E-state index in [0.29, 0.717) is 26.4 Å². The van der Waals surface area contributed by atoms with Crippen LogP contribution in [0.5, 0.6) is 5.75 Å². The standard InChI is InChI=1S/C18H22N2O3/c21-12-18(13-22-14-18)11-20-9-16-5-1-2-6-17(16)23-10-15-4-3-7-19-8-15/h1-8,20-21H,9-14H2. The Hall–Kier alpha value is -1.95. The summed E-state index contributed by atoms with van der Waals surface area (Å²) in [6.07, 6.45) is 3.56. The van der Waals surface area contributed by atoms with Gasteiger partial charge in [0.25, 0.3) is 0 Å². The first-order chi connectivity index (χ1) is 11.3. The molecule has 0 radical (unpaired) electrons. The number of aromatic nitrogens is 1. The second-order valence-corrected chi connectivity index (χ2v) is 6.01. The van der Waals surface area contributed by atoms with E-state index < -0.39 is 0 Å². The van der Waals surface area contributed by atoms with Crippen LogP contribution in [0.3, 0.4) is 0 Å². The van der Waals surface area contributed by atoms with E-state index in [4.69, 9.17) is 9.47 Å². The molecule has 1 aromatic carbocycles. The summed E-state index contributed by atoms with van der Waals surface area (Å²) < 4.78 is 11.1. The van der Waals surface area contributed by atoms with E-state index in [9.17, 15) is 5.11 Å². The van der Waals surface area contributed by atoms with Crippen molar-refractivity contribution < 1.29 is 14.6 Å². The van der Waals surface area contributed by atoms with Crippen molar-refractivity contribution in [1.82, 2.24) is 10.3 Å². The Morgan fingerprint density at radius 3 is 2.78 bits per heavy atom. The highest BCUT2D eigenvalue weighted by atomic mass is 16.5. The molecule has 0 aliphatic carbocycles. The van der Waals surface area contributed by atoms with Gasteiger partial charge in [-0.25, -0.2) is 0 Å². The van der Waals surface area contributed by atoms with E-state index in [0.717, 1.165) is 23.4 Å². The Morgan fingerprint density at radius 2 is 2.09 bits per heavy atom. The highest BCUT2D eigenvalue weighted by molar-refractivity contribution is 5.33. The van der Waals surface area contributed by atoms with Gasteiger partial charge in [0.05, 0.1) is 25.2 Å². The van der Waals surface area contributed by atoms with Crippen LogP contribution < -0.4 is 10.1 Å². The van der Waals surface area contributed by atoms with Crippen molar-refractivity contribution in [2.24, 2.45) is 5.41 Å². The van der Waals surface area contributed by atoms with Gasteiger partial charge in [0.2, 0.25) is 0 Å². The molecule has 2 N–H and O–H groups in total. The van der Waals surface area contributed by atoms with Crippen LogP contribution in [0.25, 0.3) is 0 Å². The average molecular weight is 314 g/mol. The quantitative estimate of drug-likeness (QED) is 0.777. The summed E-state index contributed by atoms with van der Waals surface area (Å²) in [6.45, 7) is 3.33. The van der Waals surface area contributed by atoms with E-state index in [-0.39, 0.29) is 12.0 Å². The molecular weight excluding hydrogens is 292 g/mol. The van der Waals surface area contributed by atoms with Gasteiger partial charge in [-0.1, -0.05) is 24.3 Å². The number of aliphatic hydroxyl groups excluding tert-OH is 1. The number of benzene rings is 1. The van der Waals surface area contributed by atoms with Crippen LogP contribution in [-0.4, -0.2) is 36.5 Å². The molecule has 1 aromatic heterocycles. The van der Waals surface area contributed by atoms with Crippen LogP contribution in [0, 0.1) is 5.41 Å². The zero-order valence-corrected chi connectivity index (χ0v) is 13.1. The Labute approximate surface area is 136 Å². The minimum Gasteiger partial charge on any atom is -0.489 e. The van der Waals surface area contributed by atoms with Crippen molar-refractivity contribution >= 4 is 0 Å². The van der Waals surface area contributed by atoms with Gasteiger partial charge in [-0.2, -0.15) is 0 Å². The van der Waals surface area contributed by atoms with Gasteiger partial charge in [-0.05, 0) is 12.1 Å². The lowest BCUT2D eigenvalue weighted by atomic mass is 9.87. The molecular formula is C18H22N2O3. The third-order valence-corrected chi connectivity index (χ3v) is 4.06. The van der Waals surface area contributed by atoms with Crippen LogP contribution in [0.2, 0.25) is 0 Å². The lowest BCUT2D eigenvalue weighted by molar-refractivity contribution is -0.134. The molecule has 5 nitrogen and oxygen atoms in total. The Kier molecular flexibility index (Phi) is 5.23. The van der Waals surface area contributed by atoms with Crippen LogP contribution in [0.4, 0.5) is 0 Å². The molecule has 23 heavy (non-hydrogen) atoms. The topological polar surface area (TPSA) is 63.6 Å². The number of nitrogens with zero attached hydrogens (tertiary/aromatic N) is 1. The number of pyridine rings is 1. The molecule has 0 spiro atoms. The number of rotatable bonds is 8. The van der Waals surface area contributed by atoms with Crippen molar-refractivity contribution in [3.05, 3.63) is 59.9 Å². The summed E-state index contributed by atoms with van der Waals surface area (Å²) >= 11 is 0.